The number of rotatable bonds is 8. The maximum absolute atomic E-state index is 12.7. The van der Waals surface area contributed by atoms with E-state index in [1.54, 1.807) is 24.4 Å². The number of hydrogen-bond donors (Lipinski definition) is 4. The first-order chi connectivity index (χ1) is 21.3. The largest absolute Gasteiger partial charge is 0.458 e. The van der Waals surface area contributed by atoms with Crippen LogP contribution in [0.2, 0.25) is 0 Å². The Kier molecular flexibility index (Phi) is 18.8. The Morgan fingerprint density at radius 1 is 1.18 bits per heavy atom. The van der Waals surface area contributed by atoms with Crippen molar-refractivity contribution in [1.82, 2.24) is 5.32 Å². The summed E-state index contributed by atoms with van der Waals surface area (Å²) in [5.74, 6) is -0.798. The number of carbonyl (C=O) groups is 3. The molecule has 0 bridgehead atoms. The lowest BCUT2D eigenvalue weighted by Gasteiger charge is -2.22. The molecular weight excluding hydrogens is 572 g/mol. The summed E-state index contributed by atoms with van der Waals surface area (Å²) < 4.78 is 11.0. The molecule has 2 amide bonds. The fourth-order valence-corrected chi connectivity index (χ4v) is 4.66. The fraction of sp³-hybridized carbons (Fsp3) is 0.472. The number of nitrogens with two attached hydrogens (primary N) is 1. The topological polar surface area (TPSA) is 148 Å². The molecule has 9 nitrogen and oxygen atoms in total. The Morgan fingerprint density at radius 2 is 1.91 bits per heavy atom. The second-order valence-electron chi connectivity index (χ2n) is 11.7. The van der Waals surface area contributed by atoms with Gasteiger partial charge >= 0.3 is 12.1 Å². The SMILES string of the molecule is C=C(C)C/C(C)=C\C(=O)N/C=C/C(C)=C/C(C)C1C/C(C)=C/C=C/CCC(OC(N)=O)C(O)/C=C/C(O)CCC/C=C/C(=O)O1. The van der Waals surface area contributed by atoms with E-state index in [1.807, 2.05) is 58.9 Å². The van der Waals surface area contributed by atoms with Gasteiger partial charge in [-0.15, -0.1) is 0 Å². The Bertz CT molecular complexity index is 1210. The van der Waals surface area contributed by atoms with Crippen LogP contribution >= 0.6 is 0 Å². The maximum atomic E-state index is 12.7. The fourth-order valence-electron chi connectivity index (χ4n) is 4.66. The number of cyclic esters (lactones) is 1. The zero-order valence-corrected chi connectivity index (χ0v) is 27.4. The Morgan fingerprint density at radius 3 is 2.60 bits per heavy atom. The first-order valence-electron chi connectivity index (χ1n) is 15.4. The third-order valence-electron chi connectivity index (χ3n) is 6.87. The molecule has 1 aliphatic rings. The van der Waals surface area contributed by atoms with Gasteiger partial charge in [-0.2, -0.15) is 0 Å². The number of esters is 1. The summed E-state index contributed by atoms with van der Waals surface area (Å²) in [6.07, 6.45) is 18.0. The van der Waals surface area contributed by atoms with E-state index in [0.29, 0.717) is 44.9 Å². The standard InChI is InChI=1S/C36H52N2O7/c1-25(2)21-28(5)24-34(41)38-20-19-27(4)22-29(6)33-23-26(3)13-9-7-11-15-32(45-36(37)43)31(40)18-17-30(39)14-10-8-12-16-35(42)44-33/h7,9,12-13,16-20,22,24,29-33,39-40H,1,8,10-11,14-15,21,23H2,2-6H3,(H2,37,43)(H,38,41)/b9-7+,16-12+,18-17+,20-19+,26-13+,27-22+,28-24-. The number of primary amides is 1. The van der Waals surface area contributed by atoms with E-state index in [1.165, 1.54) is 18.2 Å². The average Bonchev–Trinajstić information content (AvgIpc) is 2.93. The lowest BCUT2D eigenvalue weighted by Crippen LogP contribution is -2.32. The van der Waals surface area contributed by atoms with Gasteiger partial charge in [0.05, 0.1) is 6.10 Å². The van der Waals surface area contributed by atoms with Crippen molar-refractivity contribution < 1.29 is 34.1 Å². The van der Waals surface area contributed by atoms with Crippen molar-refractivity contribution in [2.75, 3.05) is 0 Å². The Balaban J connectivity index is 3.07. The van der Waals surface area contributed by atoms with E-state index >= 15 is 0 Å². The van der Waals surface area contributed by atoms with Gasteiger partial charge in [0.25, 0.3) is 0 Å². The highest BCUT2D eigenvalue weighted by Gasteiger charge is 2.21. The highest BCUT2D eigenvalue weighted by molar-refractivity contribution is 5.89. The van der Waals surface area contributed by atoms with Crippen LogP contribution in [-0.4, -0.2) is 52.6 Å². The minimum Gasteiger partial charge on any atom is -0.458 e. The molecule has 45 heavy (non-hydrogen) atoms. The van der Waals surface area contributed by atoms with Crippen LogP contribution in [0.3, 0.4) is 0 Å². The maximum Gasteiger partial charge on any atom is 0.404 e. The summed E-state index contributed by atoms with van der Waals surface area (Å²) in [5, 5.41) is 23.5. The molecule has 248 valence electrons. The van der Waals surface area contributed by atoms with E-state index in [2.05, 4.69) is 11.9 Å². The van der Waals surface area contributed by atoms with Crippen molar-refractivity contribution in [2.45, 2.75) is 104 Å². The third kappa shape index (κ3) is 19.1. The molecule has 1 rings (SSSR count). The molecule has 0 aliphatic carbocycles. The molecule has 0 aromatic carbocycles. The molecule has 0 radical (unpaired) electrons. The number of ether oxygens (including phenoxy) is 2. The summed E-state index contributed by atoms with van der Waals surface area (Å²) in [7, 11) is 0. The summed E-state index contributed by atoms with van der Waals surface area (Å²) in [5.41, 5.74) is 8.98. The van der Waals surface area contributed by atoms with Crippen molar-refractivity contribution >= 4 is 18.0 Å². The number of aliphatic hydroxyl groups is 2. The van der Waals surface area contributed by atoms with E-state index in [4.69, 9.17) is 15.2 Å². The lowest BCUT2D eigenvalue weighted by molar-refractivity contribution is -0.144. The number of aliphatic hydroxyl groups excluding tert-OH is 2. The summed E-state index contributed by atoms with van der Waals surface area (Å²) >= 11 is 0. The number of carbonyl (C=O) groups excluding carboxylic acids is 3. The van der Waals surface area contributed by atoms with E-state index in [0.717, 1.165) is 22.3 Å². The second kappa shape index (κ2) is 21.7. The number of allylic oxidation sites excluding steroid dienone is 8. The van der Waals surface area contributed by atoms with Gasteiger partial charge in [0, 0.05) is 30.7 Å². The normalized spacial score (nSPS) is 27.3. The van der Waals surface area contributed by atoms with Crippen molar-refractivity contribution in [3.05, 3.63) is 95.8 Å². The highest BCUT2D eigenvalue weighted by Crippen LogP contribution is 2.21. The molecule has 0 aromatic rings. The highest BCUT2D eigenvalue weighted by atomic mass is 16.6. The zero-order valence-electron chi connectivity index (χ0n) is 27.4. The molecule has 5 unspecified atom stereocenters. The van der Waals surface area contributed by atoms with Crippen LogP contribution in [0.25, 0.3) is 0 Å². The van der Waals surface area contributed by atoms with Crippen LogP contribution < -0.4 is 11.1 Å². The van der Waals surface area contributed by atoms with Gasteiger partial charge in [-0.3, -0.25) is 4.79 Å². The molecular formula is C36H52N2O7. The van der Waals surface area contributed by atoms with Crippen LogP contribution in [0.5, 0.6) is 0 Å². The summed E-state index contributed by atoms with van der Waals surface area (Å²) in [4.78, 5) is 36.2. The monoisotopic (exact) mass is 624 g/mol. The lowest BCUT2D eigenvalue weighted by atomic mass is 9.95. The minimum absolute atomic E-state index is 0.138. The van der Waals surface area contributed by atoms with Gasteiger partial charge in [0.1, 0.15) is 18.3 Å². The molecule has 1 heterocycles. The van der Waals surface area contributed by atoms with Gasteiger partial charge in [-0.1, -0.05) is 78.3 Å². The number of amides is 2. The van der Waals surface area contributed by atoms with Gasteiger partial charge in [-0.05, 0) is 72.3 Å². The molecule has 0 spiro atoms. The molecule has 0 saturated heterocycles. The quantitative estimate of drug-likeness (QED) is 0.109. The molecule has 1 aliphatic heterocycles. The Hall–Kier alpha value is -3.95. The van der Waals surface area contributed by atoms with Crippen LogP contribution in [0.4, 0.5) is 4.79 Å². The second-order valence-corrected chi connectivity index (χ2v) is 11.7. The van der Waals surface area contributed by atoms with Crippen molar-refractivity contribution in [2.24, 2.45) is 11.7 Å². The summed E-state index contributed by atoms with van der Waals surface area (Å²) in [6, 6.07) is 0. The van der Waals surface area contributed by atoms with Gasteiger partial charge < -0.3 is 30.7 Å². The van der Waals surface area contributed by atoms with Crippen LogP contribution in [-0.2, 0) is 19.1 Å². The van der Waals surface area contributed by atoms with Crippen molar-refractivity contribution in [3.8, 4) is 0 Å². The molecule has 0 fully saturated rings. The van der Waals surface area contributed by atoms with Crippen LogP contribution in [0.1, 0.15) is 79.6 Å². The first kappa shape index (κ1) is 39.1. The molecule has 5 atom stereocenters. The molecule has 9 heteroatoms. The van der Waals surface area contributed by atoms with E-state index in [-0.39, 0.29) is 11.8 Å². The van der Waals surface area contributed by atoms with Gasteiger partial charge in [0.15, 0.2) is 0 Å². The predicted molar refractivity (Wildman–Crippen MR) is 179 cm³/mol. The van der Waals surface area contributed by atoms with Crippen LogP contribution in [0, 0.1) is 5.92 Å². The summed E-state index contributed by atoms with van der Waals surface area (Å²) in [6.45, 7) is 13.5. The van der Waals surface area contributed by atoms with Gasteiger partial charge in [-0.25, -0.2) is 9.59 Å². The predicted octanol–water partition coefficient (Wildman–Crippen LogP) is 6.18. The number of hydrogen-bond acceptors (Lipinski definition) is 7. The smallest absolute Gasteiger partial charge is 0.404 e. The van der Waals surface area contributed by atoms with Crippen LogP contribution in [0.15, 0.2) is 95.8 Å². The number of nitrogens with one attached hydrogen (secondary N) is 1. The van der Waals surface area contributed by atoms with Gasteiger partial charge in [0.2, 0.25) is 5.91 Å². The first-order valence-corrected chi connectivity index (χ1v) is 15.4. The third-order valence-corrected chi connectivity index (χ3v) is 6.87. The van der Waals surface area contributed by atoms with Crippen molar-refractivity contribution in [3.63, 3.8) is 0 Å². The molecule has 5 N–H and O–H groups in total. The zero-order chi connectivity index (χ0) is 33.8. The molecule has 0 saturated carbocycles. The minimum atomic E-state index is -1.12. The molecule has 0 aromatic heterocycles. The van der Waals surface area contributed by atoms with E-state index < -0.39 is 36.5 Å². The Labute approximate surface area is 268 Å². The van der Waals surface area contributed by atoms with E-state index in [9.17, 15) is 24.6 Å². The van der Waals surface area contributed by atoms with Crippen molar-refractivity contribution in [1.29, 1.82) is 0 Å². The average molecular weight is 625 g/mol.